The van der Waals surface area contributed by atoms with Gasteiger partial charge in [-0.1, -0.05) is 27.2 Å². The number of rotatable bonds is 4. The third-order valence-corrected chi connectivity index (χ3v) is 11.5. The van der Waals surface area contributed by atoms with E-state index < -0.39 is 0 Å². The van der Waals surface area contributed by atoms with Gasteiger partial charge in [0, 0.05) is 12.7 Å². The van der Waals surface area contributed by atoms with Crippen molar-refractivity contribution in [2.24, 2.45) is 64.6 Å². The van der Waals surface area contributed by atoms with Crippen molar-refractivity contribution in [3.63, 3.8) is 0 Å². The molecule has 5 aliphatic rings. The molecule has 5 fully saturated rings. The molecular weight excluding hydrogens is 390 g/mol. The van der Waals surface area contributed by atoms with E-state index in [0.29, 0.717) is 16.9 Å². The van der Waals surface area contributed by atoms with E-state index in [2.05, 4.69) is 31.9 Å². The minimum Gasteiger partial charge on any atom is -0.271 e. The summed E-state index contributed by atoms with van der Waals surface area (Å²) in [5.41, 5.74) is 1.22. The van der Waals surface area contributed by atoms with Crippen molar-refractivity contribution in [1.82, 2.24) is 9.78 Å². The van der Waals surface area contributed by atoms with Crippen LogP contribution in [0.2, 0.25) is 0 Å². The molecular formula is C29H43N3. The number of nitriles is 1. The number of hydrogen-bond acceptors (Lipinski definition) is 2. The summed E-state index contributed by atoms with van der Waals surface area (Å²) >= 11 is 0. The van der Waals surface area contributed by atoms with Gasteiger partial charge >= 0.3 is 0 Å². The van der Waals surface area contributed by atoms with Gasteiger partial charge in [-0.05, 0) is 122 Å². The van der Waals surface area contributed by atoms with E-state index in [0.717, 1.165) is 59.8 Å². The molecule has 174 valence electrons. The van der Waals surface area contributed by atoms with Crippen LogP contribution >= 0.6 is 0 Å². The predicted octanol–water partition coefficient (Wildman–Crippen LogP) is 6.93. The molecule has 10 atom stereocenters. The van der Waals surface area contributed by atoms with Crippen molar-refractivity contribution in [1.29, 1.82) is 5.26 Å². The second-order valence-corrected chi connectivity index (χ2v) is 13.2. The lowest BCUT2D eigenvalue weighted by Crippen LogP contribution is -2.50. The van der Waals surface area contributed by atoms with Crippen LogP contribution in [0.1, 0.15) is 90.5 Å². The van der Waals surface area contributed by atoms with E-state index in [-0.39, 0.29) is 0 Å². The fraction of sp³-hybridized carbons (Fsp3) is 0.862. The summed E-state index contributed by atoms with van der Waals surface area (Å²) in [5, 5.41) is 13.7. The molecule has 4 unspecified atom stereocenters. The van der Waals surface area contributed by atoms with Crippen LogP contribution in [0.5, 0.6) is 0 Å². The van der Waals surface area contributed by atoms with Gasteiger partial charge in [-0.3, -0.25) is 4.68 Å². The SMILES string of the molecule is C[C@H]1CC[C@@H]2C3CC[C@@]4(C)C(C(C5CC5)CC4[C@H](C)Cn4cc(C#N)cn4)[C@@H]3CC[C@@H]2C1. The highest BCUT2D eigenvalue weighted by Crippen LogP contribution is 2.70. The monoisotopic (exact) mass is 433 g/mol. The molecule has 0 radical (unpaired) electrons. The Bertz CT molecular complexity index is 877. The van der Waals surface area contributed by atoms with Gasteiger partial charge in [0.25, 0.3) is 0 Å². The largest absolute Gasteiger partial charge is 0.271 e. The van der Waals surface area contributed by atoms with Crippen LogP contribution in [-0.2, 0) is 6.54 Å². The average Bonchev–Trinajstić information content (AvgIpc) is 3.44. The number of hydrogen-bond donors (Lipinski definition) is 0. The number of aromatic nitrogens is 2. The highest BCUT2D eigenvalue weighted by atomic mass is 15.3. The molecule has 0 aromatic carbocycles. The molecule has 0 amide bonds. The minimum atomic E-state index is 0.522. The van der Waals surface area contributed by atoms with E-state index in [9.17, 15) is 5.26 Å². The molecule has 1 heterocycles. The van der Waals surface area contributed by atoms with E-state index in [1.54, 1.807) is 6.20 Å². The second kappa shape index (κ2) is 7.89. The van der Waals surface area contributed by atoms with Gasteiger partial charge in [0.05, 0.1) is 11.8 Å². The van der Waals surface area contributed by atoms with Crippen LogP contribution in [0.3, 0.4) is 0 Å². The lowest BCUT2D eigenvalue weighted by molar-refractivity contribution is -0.0852. The molecule has 0 saturated heterocycles. The van der Waals surface area contributed by atoms with Crippen molar-refractivity contribution in [2.45, 2.75) is 91.5 Å². The van der Waals surface area contributed by atoms with Gasteiger partial charge in [-0.25, -0.2) is 0 Å². The average molecular weight is 434 g/mol. The number of fused-ring (bicyclic) bond motifs is 5. The summed E-state index contributed by atoms with van der Waals surface area (Å²) in [6.07, 6.45) is 18.7. The lowest BCUT2D eigenvalue weighted by Gasteiger charge is -2.57. The molecule has 0 N–H and O–H groups in total. The van der Waals surface area contributed by atoms with Crippen LogP contribution in [0.15, 0.2) is 12.4 Å². The first-order valence-electron chi connectivity index (χ1n) is 13.9. The molecule has 1 aromatic rings. The van der Waals surface area contributed by atoms with Crippen molar-refractivity contribution < 1.29 is 0 Å². The summed E-state index contributed by atoms with van der Waals surface area (Å²) in [7, 11) is 0. The Morgan fingerprint density at radius 1 is 1.03 bits per heavy atom. The predicted molar refractivity (Wildman–Crippen MR) is 127 cm³/mol. The van der Waals surface area contributed by atoms with E-state index in [4.69, 9.17) is 0 Å². The molecule has 0 bridgehead atoms. The third kappa shape index (κ3) is 3.38. The van der Waals surface area contributed by atoms with Crippen LogP contribution in [-0.4, -0.2) is 9.78 Å². The molecule has 32 heavy (non-hydrogen) atoms. The lowest BCUT2D eigenvalue weighted by atomic mass is 9.48. The summed E-state index contributed by atoms with van der Waals surface area (Å²) in [6.45, 7) is 8.69. The topological polar surface area (TPSA) is 41.6 Å². The fourth-order valence-electron chi connectivity index (χ4n) is 10.1. The molecule has 3 nitrogen and oxygen atoms in total. The quantitative estimate of drug-likeness (QED) is 0.516. The third-order valence-electron chi connectivity index (χ3n) is 11.5. The normalized spacial score (nSPS) is 46.6. The van der Waals surface area contributed by atoms with Crippen LogP contribution in [0, 0.1) is 75.9 Å². The van der Waals surface area contributed by atoms with Crippen LogP contribution in [0.25, 0.3) is 0 Å². The van der Waals surface area contributed by atoms with Crippen molar-refractivity contribution in [3.05, 3.63) is 18.0 Å². The molecule has 5 saturated carbocycles. The molecule has 6 rings (SSSR count). The first-order chi connectivity index (χ1) is 15.5. The molecule has 1 aromatic heterocycles. The van der Waals surface area contributed by atoms with Crippen molar-refractivity contribution >= 4 is 0 Å². The zero-order chi connectivity index (χ0) is 22.0. The summed E-state index contributed by atoms with van der Waals surface area (Å²) in [4.78, 5) is 0. The molecule has 5 aliphatic carbocycles. The maximum Gasteiger partial charge on any atom is 0.102 e. The zero-order valence-corrected chi connectivity index (χ0v) is 20.5. The maximum atomic E-state index is 9.20. The van der Waals surface area contributed by atoms with E-state index in [1.165, 1.54) is 64.2 Å². The standard InChI is InChI=1S/C29H43N3/c1-18-4-8-23-22(12-18)7-9-25-24(23)10-11-29(3)27(13-26(28(25)29)21-5-6-21)19(2)16-32-17-20(14-30)15-31-32/h15,17-19,21-28H,4-13,16H2,1-3H3/t18-,19+,22+,23-,24?,25+,26?,27?,28?,29+/m0/s1. The van der Waals surface area contributed by atoms with Gasteiger partial charge in [0.2, 0.25) is 0 Å². The summed E-state index contributed by atoms with van der Waals surface area (Å²) < 4.78 is 2.05. The minimum absolute atomic E-state index is 0.522. The Morgan fingerprint density at radius 2 is 1.81 bits per heavy atom. The first-order valence-corrected chi connectivity index (χ1v) is 13.9. The van der Waals surface area contributed by atoms with E-state index >= 15 is 0 Å². The van der Waals surface area contributed by atoms with Crippen molar-refractivity contribution in [2.75, 3.05) is 0 Å². The molecule has 0 spiro atoms. The smallest absolute Gasteiger partial charge is 0.102 e. The highest BCUT2D eigenvalue weighted by molar-refractivity contribution is 5.21. The first kappa shape index (κ1) is 21.2. The maximum absolute atomic E-state index is 9.20. The zero-order valence-electron chi connectivity index (χ0n) is 20.5. The number of nitrogens with zero attached hydrogens (tertiary/aromatic N) is 3. The van der Waals surface area contributed by atoms with Gasteiger partial charge in [-0.15, -0.1) is 0 Å². The Balaban J connectivity index is 1.25. The Hall–Kier alpha value is -1.30. The summed E-state index contributed by atoms with van der Waals surface area (Å²) in [5.74, 6) is 9.60. The second-order valence-electron chi connectivity index (χ2n) is 13.2. The Morgan fingerprint density at radius 3 is 2.56 bits per heavy atom. The van der Waals surface area contributed by atoms with Gasteiger partial charge < -0.3 is 0 Å². The van der Waals surface area contributed by atoms with Gasteiger partial charge in [0.15, 0.2) is 0 Å². The van der Waals surface area contributed by atoms with Gasteiger partial charge in [-0.2, -0.15) is 10.4 Å². The van der Waals surface area contributed by atoms with Crippen LogP contribution < -0.4 is 0 Å². The Labute approximate surface area is 195 Å². The fourth-order valence-corrected chi connectivity index (χ4v) is 10.1. The molecule has 0 aliphatic heterocycles. The van der Waals surface area contributed by atoms with Crippen molar-refractivity contribution in [3.8, 4) is 6.07 Å². The summed E-state index contributed by atoms with van der Waals surface area (Å²) in [6, 6.07) is 2.25. The Kier molecular flexibility index (Phi) is 5.24. The molecule has 3 heteroatoms. The van der Waals surface area contributed by atoms with E-state index in [1.807, 2.05) is 10.9 Å². The van der Waals surface area contributed by atoms with Crippen LogP contribution in [0.4, 0.5) is 0 Å². The highest BCUT2D eigenvalue weighted by Gasteiger charge is 2.62. The van der Waals surface area contributed by atoms with Gasteiger partial charge in [0.1, 0.15) is 6.07 Å².